The molecule has 1 aromatic heterocycles. The van der Waals surface area contributed by atoms with Crippen molar-refractivity contribution in [3.05, 3.63) is 11.7 Å². The van der Waals surface area contributed by atoms with Crippen molar-refractivity contribution in [1.82, 2.24) is 10.1 Å². The predicted octanol–water partition coefficient (Wildman–Crippen LogP) is 2.38. The van der Waals surface area contributed by atoms with Crippen LogP contribution in [0.3, 0.4) is 0 Å². The molecule has 2 fully saturated rings. The van der Waals surface area contributed by atoms with Crippen LogP contribution in [0.5, 0.6) is 0 Å². The topological polar surface area (TPSA) is 56.0 Å². The Labute approximate surface area is 118 Å². The van der Waals surface area contributed by atoms with E-state index in [1.54, 1.807) is 11.8 Å². The van der Waals surface area contributed by atoms with E-state index in [0.29, 0.717) is 22.1 Å². The number of carbonyl (C=O) groups excluding carboxylic acids is 1. The van der Waals surface area contributed by atoms with E-state index in [2.05, 4.69) is 17.1 Å². The fourth-order valence-corrected chi connectivity index (χ4v) is 5.86. The van der Waals surface area contributed by atoms with E-state index in [4.69, 9.17) is 4.52 Å². The monoisotopic (exact) mass is 302 g/mol. The van der Waals surface area contributed by atoms with Gasteiger partial charge in [-0.15, -0.1) is 11.8 Å². The van der Waals surface area contributed by atoms with Gasteiger partial charge in [0.15, 0.2) is 11.6 Å². The summed E-state index contributed by atoms with van der Waals surface area (Å²) in [5, 5.41) is 4.89. The average molecular weight is 302 g/mol. The van der Waals surface area contributed by atoms with Crippen molar-refractivity contribution in [2.45, 2.75) is 23.3 Å². The summed E-state index contributed by atoms with van der Waals surface area (Å²) in [6, 6.07) is 0. The lowest BCUT2D eigenvalue weighted by atomic mass is 10.1. The number of rotatable bonds is 2. The van der Waals surface area contributed by atoms with Gasteiger partial charge in [0.25, 0.3) is 0 Å². The van der Waals surface area contributed by atoms with Crippen molar-refractivity contribution in [3.63, 3.8) is 0 Å². The summed E-state index contributed by atoms with van der Waals surface area (Å²) < 4.78 is 5.30. The van der Waals surface area contributed by atoms with Gasteiger partial charge in [0.1, 0.15) is 5.92 Å². The van der Waals surface area contributed by atoms with Crippen molar-refractivity contribution in [3.8, 4) is 0 Å². The molecule has 3 heterocycles. The quantitative estimate of drug-likeness (QED) is 0.831. The number of aromatic nitrogens is 2. The lowest BCUT2D eigenvalue weighted by Gasteiger charge is -2.24. The fraction of sp³-hybridized carbons (Fsp3) is 0.727. The van der Waals surface area contributed by atoms with Gasteiger partial charge in [-0.05, 0) is 0 Å². The zero-order valence-electron chi connectivity index (χ0n) is 10.00. The molecule has 1 aromatic rings. The summed E-state index contributed by atoms with van der Waals surface area (Å²) in [4.78, 5) is 16.1. The Balaban J connectivity index is 1.78. The van der Waals surface area contributed by atoms with Crippen LogP contribution >= 0.6 is 35.3 Å². The number of thioether (sulfide) groups is 3. The Hall–Kier alpha value is -0.140. The molecule has 0 N–H and O–H groups in total. The van der Waals surface area contributed by atoms with Crippen LogP contribution in [-0.2, 0) is 4.79 Å². The first kappa shape index (κ1) is 12.9. The number of nitrogens with zero attached hydrogens (tertiary/aromatic N) is 2. The molecule has 2 aliphatic rings. The van der Waals surface area contributed by atoms with E-state index in [-0.39, 0.29) is 11.7 Å². The summed E-state index contributed by atoms with van der Waals surface area (Å²) in [5.74, 6) is 4.99. The second kappa shape index (κ2) is 5.46. The number of hydrogen-bond donors (Lipinski definition) is 0. The highest BCUT2D eigenvalue weighted by molar-refractivity contribution is 8.06. The molecule has 0 radical (unpaired) electrons. The van der Waals surface area contributed by atoms with E-state index >= 15 is 0 Å². The molecule has 0 saturated carbocycles. The van der Waals surface area contributed by atoms with Gasteiger partial charge in [-0.2, -0.15) is 28.5 Å². The molecule has 0 spiro atoms. The highest BCUT2D eigenvalue weighted by atomic mass is 32.2. The largest absolute Gasteiger partial charge is 0.338 e. The van der Waals surface area contributed by atoms with Gasteiger partial charge in [0.05, 0.1) is 11.0 Å². The number of ketones is 1. The fourth-order valence-electron chi connectivity index (χ4n) is 2.10. The molecule has 3 atom stereocenters. The van der Waals surface area contributed by atoms with Crippen LogP contribution in [0.25, 0.3) is 0 Å². The molecule has 98 valence electrons. The third-order valence-electron chi connectivity index (χ3n) is 3.12. The van der Waals surface area contributed by atoms with Gasteiger partial charge in [0.2, 0.25) is 5.89 Å². The van der Waals surface area contributed by atoms with E-state index < -0.39 is 0 Å². The summed E-state index contributed by atoms with van der Waals surface area (Å²) in [6.07, 6.45) is 0. The van der Waals surface area contributed by atoms with Crippen molar-refractivity contribution >= 4 is 41.1 Å². The van der Waals surface area contributed by atoms with Crippen LogP contribution in [0.15, 0.2) is 4.52 Å². The standard InChI is InChI=1S/C11H14N2O2S3/c1-6-9(18-3-2-17-6)10-12-11(15-13-10)7-4-16-5-8(7)14/h6-7,9H,2-5H2,1H3. The lowest BCUT2D eigenvalue weighted by Crippen LogP contribution is -2.17. The van der Waals surface area contributed by atoms with E-state index in [1.165, 1.54) is 5.75 Å². The van der Waals surface area contributed by atoms with E-state index in [1.807, 2.05) is 23.5 Å². The van der Waals surface area contributed by atoms with E-state index in [9.17, 15) is 4.79 Å². The molecule has 2 aliphatic heterocycles. The Bertz CT molecular complexity index is 451. The minimum absolute atomic E-state index is 0.173. The predicted molar refractivity (Wildman–Crippen MR) is 76.5 cm³/mol. The second-order valence-electron chi connectivity index (χ2n) is 4.39. The summed E-state index contributed by atoms with van der Waals surface area (Å²) in [6.45, 7) is 2.20. The number of carbonyl (C=O) groups is 1. The molecule has 18 heavy (non-hydrogen) atoms. The Morgan fingerprint density at radius 2 is 2.17 bits per heavy atom. The van der Waals surface area contributed by atoms with Gasteiger partial charge in [-0.3, -0.25) is 4.79 Å². The zero-order chi connectivity index (χ0) is 12.5. The Kier molecular flexibility index (Phi) is 3.91. The Morgan fingerprint density at radius 3 is 2.89 bits per heavy atom. The molecular formula is C11H14N2O2S3. The SMILES string of the molecule is CC1SCCSC1c1noc(C2CSCC2=O)n1. The van der Waals surface area contributed by atoms with Gasteiger partial charge < -0.3 is 4.52 Å². The van der Waals surface area contributed by atoms with Crippen LogP contribution < -0.4 is 0 Å². The summed E-state index contributed by atoms with van der Waals surface area (Å²) in [7, 11) is 0. The first-order valence-corrected chi connectivity index (χ1v) is 9.18. The van der Waals surface area contributed by atoms with Gasteiger partial charge in [-0.25, -0.2) is 0 Å². The van der Waals surface area contributed by atoms with Crippen LogP contribution in [-0.4, -0.2) is 44.2 Å². The molecule has 4 nitrogen and oxygen atoms in total. The maximum atomic E-state index is 11.7. The van der Waals surface area contributed by atoms with Gasteiger partial charge >= 0.3 is 0 Å². The van der Waals surface area contributed by atoms with Crippen LogP contribution in [0.4, 0.5) is 0 Å². The zero-order valence-corrected chi connectivity index (χ0v) is 12.4. The number of Topliss-reactive ketones (excluding diaryl/α,β-unsaturated/α-hetero) is 1. The smallest absolute Gasteiger partial charge is 0.238 e. The molecule has 2 saturated heterocycles. The van der Waals surface area contributed by atoms with E-state index in [0.717, 1.165) is 17.3 Å². The molecule has 0 aromatic carbocycles. The third kappa shape index (κ3) is 2.44. The second-order valence-corrected chi connectivity index (χ2v) is 8.16. The highest BCUT2D eigenvalue weighted by Gasteiger charge is 2.34. The van der Waals surface area contributed by atoms with Gasteiger partial charge in [0, 0.05) is 22.5 Å². The third-order valence-corrected chi connectivity index (χ3v) is 7.26. The summed E-state index contributed by atoms with van der Waals surface area (Å²) in [5.41, 5.74) is 0. The first-order valence-electron chi connectivity index (χ1n) is 5.93. The minimum atomic E-state index is -0.173. The first-order chi connectivity index (χ1) is 8.75. The molecule has 3 unspecified atom stereocenters. The number of hydrogen-bond acceptors (Lipinski definition) is 7. The maximum Gasteiger partial charge on any atom is 0.238 e. The van der Waals surface area contributed by atoms with Crippen LogP contribution in [0, 0.1) is 0 Å². The molecule has 3 rings (SSSR count). The average Bonchev–Trinajstić information content (AvgIpc) is 2.98. The van der Waals surface area contributed by atoms with Crippen molar-refractivity contribution in [2.75, 3.05) is 23.0 Å². The molecular weight excluding hydrogens is 288 g/mol. The normalized spacial score (nSPS) is 32.9. The van der Waals surface area contributed by atoms with Gasteiger partial charge in [-0.1, -0.05) is 12.1 Å². The molecule has 0 amide bonds. The molecule has 0 bridgehead atoms. The van der Waals surface area contributed by atoms with Crippen molar-refractivity contribution in [1.29, 1.82) is 0 Å². The van der Waals surface area contributed by atoms with Crippen molar-refractivity contribution in [2.24, 2.45) is 0 Å². The Morgan fingerprint density at radius 1 is 1.33 bits per heavy atom. The van der Waals surface area contributed by atoms with Crippen LogP contribution in [0.2, 0.25) is 0 Å². The summed E-state index contributed by atoms with van der Waals surface area (Å²) >= 11 is 5.48. The highest BCUT2D eigenvalue weighted by Crippen LogP contribution is 2.41. The van der Waals surface area contributed by atoms with Crippen LogP contribution in [0.1, 0.15) is 29.8 Å². The minimum Gasteiger partial charge on any atom is -0.338 e. The molecule has 0 aliphatic carbocycles. The van der Waals surface area contributed by atoms with Crippen molar-refractivity contribution < 1.29 is 9.32 Å². The lowest BCUT2D eigenvalue weighted by molar-refractivity contribution is -0.117. The molecule has 7 heteroatoms. The maximum absolute atomic E-state index is 11.7.